The largest absolute Gasteiger partial charge is 0.469 e. The van der Waals surface area contributed by atoms with Crippen LogP contribution < -0.4 is 0 Å². The van der Waals surface area contributed by atoms with Gasteiger partial charge >= 0.3 is 11.9 Å². The lowest BCUT2D eigenvalue weighted by molar-refractivity contribution is -0.142. The van der Waals surface area contributed by atoms with Crippen molar-refractivity contribution in [2.24, 2.45) is 17.0 Å². The normalized spacial score (nSPS) is 23.9. The summed E-state index contributed by atoms with van der Waals surface area (Å²) >= 11 is 0. The molecule has 0 aliphatic heterocycles. The number of ether oxygens (including phenoxy) is 1. The second-order valence-corrected chi connectivity index (χ2v) is 5.35. The zero-order valence-corrected chi connectivity index (χ0v) is 12.7. The van der Waals surface area contributed by atoms with Crippen LogP contribution in [0.15, 0.2) is 5.16 Å². The Bertz CT molecular complexity index is 365. The molecule has 0 spiro atoms. The highest BCUT2D eigenvalue weighted by Crippen LogP contribution is 2.36. The Morgan fingerprint density at radius 1 is 1.35 bits per heavy atom. The van der Waals surface area contributed by atoms with Gasteiger partial charge in [0.15, 0.2) is 0 Å². The molecule has 114 valence electrons. The summed E-state index contributed by atoms with van der Waals surface area (Å²) in [6.07, 6.45) is 6.56. The summed E-state index contributed by atoms with van der Waals surface area (Å²) < 4.78 is 4.76. The molecule has 5 heteroatoms. The van der Waals surface area contributed by atoms with Gasteiger partial charge in [0, 0.05) is 19.3 Å². The fourth-order valence-electron chi connectivity index (χ4n) is 2.79. The van der Waals surface area contributed by atoms with Gasteiger partial charge in [-0.1, -0.05) is 31.3 Å². The lowest BCUT2D eigenvalue weighted by atomic mass is 9.87. The maximum Gasteiger partial charge on any atom is 0.331 e. The first kappa shape index (κ1) is 16.7. The lowest BCUT2D eigenvalue weighted by Crippen LogP contribution is -2.19. The number of unbranched alkanes of at least 4 members (excludes halogenated alkanes) is 2. The van der Waals surface area contributed by atoms with Crippen LogP contribution in [0.2, 0.25) is 0 Å². The van der Waals surface area contributed by atoms with E-state index in [9.17, 15) is 9.59 Å². The Morgan fingerprint density at radius 3 is 2.70 bits per heavy atom. The van der Waals surface area contributed by atoms with Gasteiger partial charge in [0.05, 0.1) is 12.8 Å². The first-order valence-electron chi connectivity index (χ1n) is 7.39. The van der Waals surface area contributed by atoms with Crippen molar-refractivity contribution >= 4 is 17.7 Å². The predicted molar refractivity (Wildman–Crippen MR) is 76.2 cm³/mol. The molecule has 2 atom stereocenters. The first-order valence-corrected chi connectivity index (χ1v) is 7.39. The van der Waals surface area contributed by atoms with E-state index in [1.165, 1.54) is 20.5 Å². The fraction of sp³-hybridized carbons (Fsp3) is 0.800. The Hall–Kier alpha value is -1.39. The van der Waals surface area contributed by atoms with E-state index in [1.54, 1.807) is 0 Å². The van der Waals surface area contributed by atoms with Crippen LogP contribution in [0.1, 0.15) is 58.8 Å². The quantitative estimate of drug-likeness (QED) is 0.312. The third-order valence-electron chi connectivity index (χ3n) is 3.83. The molecule has 1 fully saturated rings. The molecule has 0 N–H and O–H groups in total. The average Bonchev–Trinajstić information content (AvgIpc) is 2.79. The number of methoxy groups -OCH3 is 1. The van der Waals surface area contributed by atoms with Crippen molar-refractivity contribution in [1.82, 2.24) is 0 Å². The van der Waals surface area contributed by atoms with Crippen LogP contribution in [0.3, 0.4) is 0 Å². The Labute approximate surface area is 120 Å². The average molecular weight is 283 g/mol. The minimum absolute atomic E-state index is 0.177. The van der Waals surface area contributed by atoms with Gasteiger partial charge < -0.3 is 9.57 Å². The van der Waals surface area contributed by atoms with Gasteiger partial charge in [0.2, 0.25) is 0 Å². The van der Waals surface area contributed by atoms with Crippen molar-refractivity contribution in [3.8, 4) is 0 Å². The maximum absolute atomic E-state index is 11.5. The number of rotatable bonds is 7. The molecule has 1 aliphatic rings. The van der Waals surface area contributed by atoms with Crippen molar-refractivity contribution in [3.05, 3.63) is 0 Å². The minimum atomic E-state index is -0.402. The molecule has 0 bridgehead atoms. The predicted octanol–water partition coefficient (Wildman–Crippen LogP) is 3.08. The van der Waals surface area contributed by atoms with Crippen LogP contribution in [0.5, 0.6) is 0 Å². The number of nitrogens with zero attached hydrogens (tertiary/aromatic N) is 1. The molecule has 0 amide bonds. The van der Waals surface area contributed by atoms with Gasteiger partial charge in [-0.05, 0) is 25.2 Å². The molecule has 5 nitrogen and oxygen atoms in total. The summed E-state index contributed by atoms with van der Waals surface area (Å²) in [5.41, 5.74) is 0.921. The molecule has 1 aliphatic carbocycles. The summed E-state index contributed by atoms with van der Waals surface area (Å²) in [7, 11) is 1.41. The number of oxime groups is 1. The van der Waals surface area contributed by atoms with Crippen LogP contribution in [-0.2, 0) is 19.2 Å². The van der Waals surface area contributed by atoms with Crippen LogP contribution in [0.25, 0.3) is 0 Å². The smallest absolute Gasteiger partial charge is 0.331 e. The minimum Gasteiger partial charge on any atom is -0.469 e. The molecular formula is C15H25NO4. The van der Waals surface area contributed by atoms with Crippen molar-refractivity contribution in [2.45, 2.75) is 58.8 Å². The van der Waals surface area contributed by atoms with Crippen LogP contribution in [0, 0.1) is 11.8 Å². The third kappa shape index (κ3) is 5.31. The molecule has 0 unspecified atom stereocenters. The SMILES string of the molecule is CCCCC[C@H]1/C(=N\OC(C)=O)CC[C@H]1CC(=O)OC. The van der Waals surface area contributed by atoms with Gasteiger partial charge in [-0.3, -0.25) is 4.79 Å². The van der Waals surface area contributed by atoms with Gasteiger partial charge in [0.1, 0.15) is 0 Å². The molecule has 1 rings (SSSR count). The number of carbonyl (C=O) groups is 2. The topological polar surface area (TPSA) is 65.0 Å². The van der Waals surface area contributed by atoms with E-state index in [4.69, 9.17) is 9.57 Å². The van der Waals surface area contributed by atoms with Crippen LogP contribution >= 0.6 is 0 Å². The molecule has 0 aromatic carbocycles. The van der Waals surface area contributed by atoms with Crippen LogP contribution in [-0.4, -0.2) is 24.8 Å². The van der Waals surface area contributed by atoms with E-state index < -0.39 is 5.97 Å². The summed E-state index contributed by atoms with van der Waals surface area (Å²) in [5.74, 6) is -0.0842. The highest BCUT2D eigenvalue weighted by molar-refractivity contribution is 5.89. The number of esters is 1. The lowest BCUT2D eigenvalue weighted by Gasteiger charge is -2.18. The van der Waals surface area contributed by atoms with E-state index in [2.05, 4.69) is 12.1 Å². The molecule has 0 aromatic heterocycles. The van der Waals surface area contributed by atoms with Gasteiger partial charge in [-0.2, -0.15) is 0 Å². The monoisotopic (exact) mass is 283 g/mol. The Balaban J connectivity index is 2.67. The van der Waals surface area contributed by atoms with Crippen molar-refractivity contribution in [3.63, 3.8) is 0 Å². The number of hydrogen-bond acceptors (Lipinski definition) is 5. The zero-order chi connectivity index (χ0) is 15.0. The highest BCUT2D eigenvalue weighted by atomic mass is 16.7. The van der Waals surface area contributed by atoms with Gasteiger partial charge in [0.25, 0.3) is 0 Å². The Morgan fingerprint density at radius 2 is 2.10 bits per heavy atom. The summed E-state index contributed by atoms with van der Waals surface area (Å²) in [6, 6.07) is 0. The molecule has 1 saturated carbocycles. The standard InChI is InChI=1S/C15H25NO4/c1-4-5-6-7-13-12(10-15(18)19-3)8-9-14(13)16-20-11(2)17/h12-13H,4-10H2,1-3H3/b16-14-/t12-,13+/m0/s1. The second kappa shape index (κ2) is 8.72. The van der Waals surface area contributed by atoms with Crippen molar-refractivity contribution in [2.75, 3.05) is 7.11 Å². The fourth-order valence-corrected chi connectivity index (χ4v) is 2.79. The van der Waals surface area contributed by atoms with E-state index in [-0.39, 0.29) is 17.8 Å². The maximum atomic E-state index is 11.5. The van der Waals surface area contributed by atoms with Gasteiger partial charge in [-0.25, -0.2) is 4.79 Å². The molecule has 0 heterocycles. The molecular weight excluding hydrogens is 258 g/mol. The third-order valence-corrected chi connectivity index (χ3v) is 3.83. The summed E-state index contributed by atoms with van der Waals surface area (Å²) in [6.45, 7) is 3.51. The van der Waals surface area contributed by atoms with Crippen molar-refractivity contribution < 1.29 is 19.2 Å². The van der Waals surface area contributed by atoms with Crippen LogP contribution in [0.4, 0.5) is 0 Å². The van der Waals surface area contributed by atoms with E-state index in [1.807, 2.05) is 0 Å². The summed E-state index contributed by atoms with van der Waals surface area (Å²) in [5, 5.41) is 3.98. The molecule has 20 heavy (non-hydrogen) atoms. The molecule has 0 saturated heterocycles. The van der Waals surface area contributed by atoms with E-state index >= 15 is 0 Å². The number of carbonyl (C=O) groups excluding carboxylic acids is 2. The van der Waals surface area contributed by atoms with E-state index in [0.29, 0.717) is 6.42 Å². The first-order chi connectivity index (χ1) is 9.58. The second-order valence-electron chi connectivity index (χ2n) is 5.35. The van der Waals surface area contributed by atoms with E-state index in [0.717, 1.165) is 37.8 Å². The summed E-state index contributed by atoms with van der Waals surface area (Å²) in [4.78, 5) is 27.1. The van der Waals surface area contributed by atoms with Gasteiger partial charge in [-0.15, -0.1) is 0 Å². The molecule has 0 radical (unpaired) electrons. The zero-order valence-electron chi connectivity index (χ0n) is 12.7. The van der Waals surface area contributed by atoms with Crippen molar-refractivity contribution in [1.29, 1.82) is 0 Å². The number of hydrogen-bond donors (Lipinski definition) is 0. The molecule has 0 aromatic rings. The Kier molecular flexibility index (Phi) is 7.26. The highest BCUT2D eigenvalue weighted by Gasteiger charge is 2.34.